The Morgan fingerprint density at radius 3 is 2.56 bits per heavy atom. The van der Waals surface area contributed by atoms with E-state index in [4.69, 9.17) is 4.74 Å². The van der Waals surface area contributed by atoms with Crippen molar-refractivity contribution in [3.05, 3.63) is 48.0 Å². The van der Waals surface area contributed by atoms with E-state index in [2.05, 4.69) is 51.1 Å². The Hall–Kier alpha value is -2.99. The van der Waals surface area contributed by atoms with Crippen LogP contribution in [0.4, 0.5) is 30.5 Å². The lowest BCUT2D eigenvalue weighted by Gasteiger charge is -2.48. The molecule has 2 aliphatic heterocycles. The fraction of sp³-hybridized carbons (Fsp3) is 0.519. The molecule has 0 unspecified atom stereocenters. The average molecular weight is 564 g/mol. The highest BCUT2D eigenvalue weighted by atomic mass is 32.2. The Balaban J connectivity index is 1.40. The summed E-state index contributed by atoms with van der Waals surface area (Å²) in [6.45, 7) is 6.86. The van der Waals surface area contributed by atoms with Crippen molar-refractivity contribution in [3.63, 3.8) is 0 Å². The van der Waals surface area contributed by atoms with Gasteiger partial charge in [-0.2, -0.15) is 13.2 Å². The van der Waals surface area contributed by atoms with Gasteiger partial charge in [0.15, 0.2) is 6.10 Å². The van der Waals surface area contributed by atoms with E-state index in [1.807, 2.05) is 13.0 Å². The van der Waals surface area contributed by atoms with Gasteiger partial charge in [-0.15, -0.1) is 0 Å². The maximum atomic E-state index is 13.0. The fourth-order valence-corrected chi connectivity index (χ4v) is 6.62. The lowest BCUT2D eigenvalue weighted by atomic mass is 9.88. The van der Waals surface area contributed by atoms with Crippen molar-refractivity contribution >= 4 is 37.9 Å². The van der Waals surface area contributed by atoms with Gasteiger partial charge in [0.25, 0.3) is 0 Å². The van der Waals surface area contributed by atoms with E-state index in [9.17, 15) is 21.6 Å². The van der Waals surface area contributed by atoms with Crippen LogP contribution in [0.15, 0.2) is 36.7 Å². The highest BCUT2D eigenvalue weighted by Crippen LogP contribution is 2.40. The maximum absolute atomic E-state index is 13.0. The third kappa shape index (κ3) is 5.81. The molecule has 0 spiro atoms. The van der Waals surface area contributed by atoms with E-state index >= 15 is 0 Å². The third-order valence-electron chi connectivity index (χ3n) is 7.62. The van der Waals surface area contributed by atoms with Gasteiger partial charge in [-0.25, -0.2) is 23.4 Å². The molecule has 1 N–H and O–H groups in total. The second-order valence-corrected chi connectivity index (χ2v) is 13.1. The van der Waals surface area contributed by atoms with E-state index in [0.29, 0.717) is 24.0 Å². The normalized spacial score (nSPS) is 23.8. The van der Waals surface area contributed by atoms with Crippen LogP contribution in [0, 0.1) is 5.92 Å². The molecule has 2 aromatic heterocycles. The van der Waals surface area contributed by atoms with Crippen LogP contribution in [0.5, 0.6) is 0 Å². The molecule has 5 rings (SSSR count). The molecule has 2 saturated heterocycles. The van der Waals surface area contributed by atoms with Crippen LogP contribution in [0.2, 0.25) is 0 Å². The van der Waals surface area contributed by atoms with Crippen LogP contribution in [-0.2, 0) is 14.6 Å². The first-order valence-corrected chi connectivity index (χ1v) is 15.0. The largest absolute Gasteiger partial charge is 0.414 e. The molecular formula is C27H32F3N5O3S. The minimum Gasteiger partial charge on any atom is -0.368 e. The molecule has 0 saturated carbocycles. The predicted octanol–water partition coefficient (Wildman–Crippen LogP) is 5.20. The first-order valence-electron chi connectivity index (χ1n) is 13.0. The molecule has 39 heavy (non-hydrogen) atoms. The van der Waals surface area contributed by atoms with Crippen LogP contribution in [0.3, 0.4) is 0 Å². The highest BCUT2D eigenvalue weighted by molar-refractivity contribution is 7.90. The van der Waals surface area contributed by atoms with Gasteiger partial charge in [0.1, 0.15) is 27.3 Å². The number of pyridine rings is 1. The molecule has 12 heteroatoms. The number of aromatic nitrogens is 3. The third-order valence-corrected chi connectivity index (χ3v) is 8.66. The molecule has 0 bridgehead atoms. The zero-order valence-electron chi connectivity index (χ0n) is 22.2. The van der Waals surface area contributed by atoms with Crippen molar-refractivity contribution in [2.24, 2.45) is 5.92 Å². The molecular weight excluding hydrogens is 531 g/mol. The van der Waals surface area contributed by atoms with E-state index in [1.54, 1.807) is 12.3 Å². The standard InChI is InChI=1S/C27H32F3N5O3S/c1-15(2)19-5-6-22(35-12-18(16(35)3)14-39(4,36)37)21-11-32-25(10-20(19)21)33-24-7-8-31-26(34-24)17-9-23(38-13-17)27(28,29)30/h5-8,10-11,15-18,23H,9,12-14H2,1-4H3,(H,31,32,33,34)/t16-,17+,18-,23-/m1/s1. The Labute approximate surface area is 225 Å². The molecule has 8 nitrogen and oxygen atoms in total. The van der Waals surface area contributed by atoms with Crippen molar-refractivity contribution in [3.8, 4) is 0 Å². The predicted molar refractivity (Wildman–Crippen MR) is 144 cm³/mol. The first-order chi connectivity index (χ1) is 18.3. The van der Waals surface area contributed by atoms with Gasteiger partial charge in [0.2, 0.25) is 0 Å². The second-order valence-electron chi connectivity index (χ2n) is 10.9. The van der Waals surface area contributed by atoms with Crippen LogP contribution < -0.4 is 10.2 Å². The first kappa shape index (κ1) is 27.6. The number of alkyl halides is 3. The van der Waals surface area contributed by atoms with E-state index in [0.717, 1.165) is 22.0 Å². The van der Waals surface area contributed by atoms with Crippen molar-refractivity contribution in [2.75, 3.05) is 35.4 Å². The summed E-state index contributed by atoms with van der Waals surface area (Å²) in [5.74, 6) is 1.24. The van der Waals surface area contributed by atoms with Crippen LogP contribution in [0.25, 0.3) is 10.8 Å². The average Bonchev–Trinajstić information content (AvgIpc) is 3.36. The van der Waals surface area contributed by atoms with Crippen LogP contribution in [0.1, 0.15) is 50.4 Å². The number of halogens is 3. The summed E-state index contributed by atoms with van der Waals surface area (Å²) in [4.78, 5) is 15.5. The molecule has 0 amide bonds. The monoisotopic (exact) mass is 563 g/mol. The van der Waals surface area contributed by atoms with Crippen LogP contribution in [-0.4, -0.2) is 66.9 Å². The summed E-state index contributed by atoms with van der Waals surface area (Å²) in [5, 5.41) is 5.17. The van der Waals surface area contributed by atoms with Gasteiger partial charge in [0.05, 0.1) is 12.4 Å². The molecule has 2 fully saturated rings. The maximum Gasteiger partial charge on any atom is 0.414 e. The number of nitrogens with zero attached hydrogens (tertiary/aromatic N) is 4. The molecule has 4 atom stereocenters. The Bertz CT molecular complexity index is 1480. The van der Waals surface area contributed by atoms with Crippen LogP contribution >= 0.6 is 0 Å². The number of nitrogens with one attached hydrogen (secondary N) is 1. The number of hydrogen-bond acceptors (Lipinski definition) is 8. The summed E-state index contributed by atoms with van der Waals surface area (Å²) in [6, 6.07) is 7.86. The van der Waals surface area contributed by atoms with Crippen molar-refractivity contribution in [1.82, 2.24) is 15.0 Å². The van der Waals surface area contributed by atoms with Gasteiger partial charge < -0.3 is 15.0 Å². The summed E-state index contributed by atoms with van der Waals surface area (Å²) in [7, 11) is -3.05. The zero-order chi connectivity index (χ0) is 28.1. The Morgan fingerprint density at radius 2 is 1.92 bits per heavy atom. The minimum atomic E-state index is -4.41. The molecule has 210 valence electrons. The van der Waals surface area contributed by atoms with Gasteiger partial charge >= 0.3 is 6.18 Å². The smallest absolute Gasteiger partial charge is 0.368 e. The van der Waals surface area contributed by atoms with Gasteiger partial charge in [-0.1, -0.05) is 19.9 Å². The zero-order valence-corrected chi connectivity index (χ0v) is 23.1. The molecule has 3 aromatic rings. The van der Waals surface area contributed by atoms with Gasteiger partial charge in [-0.3, -0.25) is 0 Å². The number of sulfone groups is 1. The van der Waals surface area contributed by atoms with E-state index in [-0.39, 0.29) is 36.7 Å². The lowest BCUT2D eigenvalue weighted by molar-refractivity contribution is -0.206. The summed E-state index contributed by atoms with van der Waals surface area (Å²) < 4.78 is 67.6. The number of ether oxygens (including phenoxy) is 1. The fourth-order valence-electron chi connectivity index (χ4n) is 5.46. The summed E-state index contributed by atoms with van der Waals surface area (Å²) >= 11 is 0. The molecule has 0 aliphatic carbocycles. The SMILES string of the molecule is CC(C)c1ccc(N2C[C@H](CS(C)(=O)=O)[C@H]2C)c2cnc(Nc3ccnc([C@@H]4CO[C@@H](C(F)(F)F)C4)n3)cc12. The minimum absolute atomic E-state index is 0.0809. The summed E-state index contributed by atoms with van der Waals surface area (Å²) in [6.07, 6.45) is -1.82. The molecule has 2 aliphatic rings. The van der Waals surface area contributed by atoms with E-state index in [1.165, 1.54) is 12.5 Å². The summed E-state index contributed by atoms with van der Waals surface area (Å²) in [5.41, 5.74) is 2.15. The highest BCUT2D eigenvalue weighted by Gasteiger charge is 2.46. The number of rotatable bonds is 7. The molecule has 0 radical (unpaired) electrons. The Morgan fingerprint density at radius 1 is 1.15 bits per heavy atom. The number of hydrogen-bond donors (Lipinski definition) is 1. The Kier molecular flexibility index (Phi) is 7.21. The lowest BCUT2D eigenvalue weighted by Crippen LogP contribution is -2.57. The second kappa shape index (κ2) is 10.2. The number of fused-ring (bicyclic) bond motifs is 1. The molecule has 1 aromatic carbocycles. The van der Waals surface area contributed by atoms with Crippen molar-refractivity contribution in [2.45, 2.75) is 57.3 Å². The van der Waals surface area contributed by atoms with Crippen molar-refractivity contribution in [1.29, 1.82) is 0 Å². The van der Waals surface area contributed by atoms with Gasteiger partial charge in [-0.05, 0) is 48.4 Å². The number of anilines is 3. The van der Waals surface area contributed by atoms with Gasteiger partial charge in [0, 0.05) is 54.1 Å². The quantitative estimate of drug-likeness (QED) is 0.419. The molecule has 4 heterocycles. The number of benzene rings is 1. The topological polar surface area (TPSA) is 97.3 Å². The van der Waals surface area contributed by atoms with E-state index < -0.39 is 28.0 Å². The van der Waals surface area contributed by atoms with Crippen molar-refractivity contribution < 1.29 is 26.3 Å².